The van der Waals surface area contributed by atoms with E-state index in [-0.39, 0.29) is 38.5 Å². The Bertz CT molecular complexity index is 2990. The van der Waals surface area contributed by atoms with Crippen molar-refractivity contribution in [2.24, 2.45) is 0 Å². The third-order valence-corrected chi connectivity index (χ3v) is 13.3. The number of aryl methyl sites for hydroxylation is 1. The molecule has 5 nitrogen and oxygen atoms in total. The van der Waals surface area contributed by atoms with E-state index < -0.39 is 11.6 Å². The molecule has 0 spiro atoms. The summed E-state index contributed by atoms with van der Waals surface area (Å²) in [4.78, 5) is 9.34. The summed E-state index contributed by atoms with van der Waals surface area (Å²) in [6, 6.07) is 45.3. The van der Waals surface area contributed by atoms with Gasteiger partial charge in [0.2, 0.25) is 0 Å². The summed E-state index contributed by atoms with van der Waals surface area (Å²) in [6.45, 7) is 12.9. The van der Waals surface area contributed by atoms with Gasteiger partial charge in [0.25, 0.3) is 0 Å². The van der Waals surface area contributed by atoms with Crippen molar-refractivity contribution in [3.8, 4) is 28.4 Å². The number of pyridine rings is 1. The number of nitrogens with zero attached hydrogens (tertiary/aromatic N) is 4. The van der Waals surface area contributed by atoms with Gasteiger partial charge in [0.1, 0.15) is 17.5 Å². The molecule has 10 rings (SSSR count). The van der Waals surface area contributed by atoms with Gasteiger partial charge in [-0.1, -0.05) is 109 Å². The van der Waals surface area contributed by atoms with E-state index in [4.69, 9.17) is 9.72 Å². The van der Waals surface area contributed by atoms with Gasteiger partial charge in [-0.05, 0) is 119 Å². The largest absolute Gasteiger partial charge is 0.509 e. The summed E-state index contributed by atoms with van der Waals surface area (Å²) in [5.41, 5.74) is 11.0. The van der Waals surface area contributed by atoms with E-state index in [1.54, 1.807) is 0 Å². The average Bonchev–Trinajstić information content (AvgIpc) is 3.71. The van der Waals surface area contributed by atoms with E-state index in [0.29, 0.717) is 23.0 Å². The van der Waals surface area contributed by atoms with Gasteiger partial charge in [0.15, 0.2) is 0 Å². The molecule has 0 unspecified atom stereocenters. The molecule has 6 aromatic carbocycles. The normalized spacial score (nSPS) is 14.3. The first kappa shape index (κ1) is 45.4. The van der Waals surface area contributed by atoms with Crippen molar-refractivity contribution in [3.63, 3.8) is 0 Å². The number of rotatable bonds is 11. The molecule has 2 aliphatic rings. The molecule has 0 N–H and O–H groups in total. The Morgan fingerprint density at radius 1 is 0.712 bits per heavy atom. The molecule has 1 saturated carbocycles. The molecule has 8 aromatic rings. The zero-order chi connectivity index (χ0) is 44.8. The summed E-state index contributed by atoms with van der Waals surface area (Å²) in [7, 11) is 0. The predicted octanol–water partition coefficient (Wildman–Crippen LogP) is 16.6. The minimum Gasteiger partial charge on any atom is -0.509 e. The maximum Gasteiger partial charge on any atom is 0.135 e. The maximum absolute atomic E-state index is 15.4. The van der Waals surface area contributed by atoms with E-state index in [1.165, 1.54) is 55.0 Å². The number of para-hydroxylation sites is 3. The standard InChI is InChI=1S/C58H55F2N4O.Pt/c1-6-16-39-27-28-61-56(29-39)64-52-22-12-11-19-46(52)47-26-25-44(35-55(47)64)65-45-31-41(40-17-9-7-8-10-18-40)30-43(34-45)62-36-63(54-24-14-13-23-53(54)62)58-48(37(2)3)32-42(33-49(58)38(4)5)57-50(59)20-15-21-51(57)60;/h11-15,19-33,36-38,40H,6-10,16-18H2,1-5H3;/q-3;. The second-order valence-corrected chi connectivity index (χ2v) is 18.4. The van der Waals surface area contributed by atoms with Crippen molar-refractivity contribution >= 4 is 44.6 Å². The van der Waals surface area contributed by atoms with Gasteiger partial charge in [-0.3, -0.25) is 0 Å². The number of halogens is 2. The Morgan fingerprint density at radius 3 is 2.09 bits per heavy atom. The number of anilines is 4. The fourth-order valence-electron chi connectivity index (χ4n) is 10.1. The zero-order valence-corrected chi connectivity index (χ0v) is 40.6. The summed E-state index contributed by atoms with van der Waals surface area (Å²) in [5.74, 6) is 1.47. The fraction of sp³-hybridized carbons (Fsp3) is 0.276. The molecule has 340 valence electrons. The number of hydrogen-bond acceptors (Lipinski definition) is 4. The van der Waals surface area contributed by atoms with Crippen LogP contribution in [0.15, 0.2) is 121 Å². The number of benzene rings is 6. The molecule has 8 heteroatoms. The van der Waals surface area contributed by atoms with E-state index in [0.717, 1.165) is 87.2 Å². The van der Waals surface area contributed by atoms with Crippen molar-refractivity contribution in [1.29, 1.82) is 0 Å². The first-order valence-corrected chi connectivity index (χ1v) is 23.5. The van der Waals surface area contributed by atoms with Gasteiger partial charge in [-0.15, -0.1) is 53.6 Å². The van der Waals surface area contributed by atoms with Crippen LogP contribution in [0.4, 0.5) is 31.5 Å². The minimum absolute atomic E-state index is 0. The molecule has 1 aliphatic heterocycles. The van der Waals surface area contributed by atoms with Crippen LogP contribution >= 0.6 is 0 Å². The van der Waals surface area contributed by atoms with Gasteiger partial charge in [-0.2, -0.15) is 6.07 Å². The molecule has 0 amide bonds. The average molecular weight is 1060 g/mol. The second kappa shape index (κ2) is 19.2. The molecule has 0 atom stereocenters. The Hall–Kier alpha value is -5.78. The van der Waals surface area contributed by atoms with Crippen molar-refractivity contribution in [3.05, 3.63) is 174 Å². The van der Waals surface area contributed by atoms with Crippen LogP contribution in [-0.4, -0.2) is 9.55 Å². The Morgan fingerprint density at radius 2 is 1.39 bits per heavy atom. The quantitative estimate of drug-likeness (QED) is 0.0955. The number of ether oxygens (including phenoxy) is 1. The van der Waals surface area contributed by atoms with Crippen molar-refractivity contribution < 1.29 is 34.6 Å². The maximum atomic E-state index is 15.4. The summed E-state index contributed by atoms with van der Waals surface area (Å²) >= 11 is 0. The van der Waals surface area contributed by atoms with E-state index in [2.05, 4.69) is 147 Å². The Labute approximate surface area is 402 Å². The molecule has 1 aliphatic carbocycles. The van der Waals surface area contributed by atoms with Gasteiger partial charge >= 0.3 is 0 Å². The van der Waals surface area contributed by atoms with E-state index >= 15 is 8.78 Å². The van der Waals surface area contributed by atoms with Gasteiger partial charge in [0.05, 0.1) is 5.56 Å². The van der Waals surface area contributed by atoms with Crippen LogP contribution in [0.3, 0.4) is 0 Å². The molecular weight excluding hydrogens is 1000 g/mol. The Balaban J connectivity index is 0.00000548. The van der Waals surface area contributed by atoms with Crippen molar-refractivity contribution in [2.75, 3.05) is 9.80 Å². The SMILES string of the molecule is CCCc1ccnc(-n2c3[c-]c(Oc4[c-]c(N5[CH-]N(c6c(C(C)C)cc(-c7c(F)cccc7F)cc6C(C)C)c6ccccc65)cc(C5CCCCCC5)c4)ccc3c3ccccc32)c1.[Pt]. The predicted molar refractivity (Wildman–Crippen MR) is 262 cm³/mol. The zero-order valence-electron chi connectivity index (χ0n) is 38.3. The van der Waals surface area contributed by atoms with Crippen LogP contribution in [0.2, 0.25) is 0 Å². The number of fused-ring (bicyclic) bond motifs is 4. The number of hydrogen-bond donors (Lipinski definition) is 0. The summed E-state index contributed by atoms with van der Waals surface area (Å²) in [5, 5.41) is 2.23. The monoisotopic (exact) mass is 1060 g/mol. The van der Waals surface area contributed by atoms with Crippen molar-refractivity contribution in [1.82, 2.24) is 9.55 Å². The van der Waals surface area contributed by atoms with E-state index in [1.807, 2.05) is 24.4 Å². The topological polar surface area (TPSA) is 33.5 Å². The van der Waals surface area contributed by atoms with Crippen LogP contribution in [0.1, 0.15) is 120 Å². The molecule has 66 heavy (non-hydrogen) atoms. The van der Waals surface area contributed by atoms with Gasteiger partial charge < -0.3 is 19.1 Å². The first-order chi connectivity index (χ1) is 31.7. The van der Waals surface area contributed by atoms with Gasteiger partial charge in [-0.25, -0.2) is 13.8 Å². The first-order valence-electron chi connectivity index (χ1n) is 23.5. The molecule has 2 aromatic heterocycles. The van der Waals surface area contributed by atoms with Crippen LogP contribution in [0.5, 0.6) is 11.5 Å². The molecule has 0 bridgehead atoms. The fourth-order valence-corrected chi connectivity index (χ4v) is 10.1. The smallest absolute Gasteiger partial charge is 0.135 e. The van der Waals surface area contributed by atoms with Crippen molar-refractivity contribution in [2.45, 2.75) is 104 Å². The molecular formula is C58H55F2N4OPt-3. The molecule has 0 saturated heterocycles. The van der Waals surface area contributed by atoms with Crippen LogP contribution in [0.25, 0.3) is 38.8 Å². The Kier molecular flexibility index (Phi) is 13.2. The third-order valence-electron chi connectivity index (χ3n) is 13.3. The van der Waals surface area contributed by atoms with Crippen LogP contribution in [-0.2, 0) is 27.5 Å². The number of aromatic nitrogens is 2. The van der Waals surface area contributed by atoms with Crippen LogP contribution < -0.4 is 14.5 Å². The molecule has 0 radical (unpaired) electrons. The van der Waals surface area contributed by atoms with Crippen LogP contribution in [0, 0.1) is 30.4 Å². The summed E-state index contributed by atoms with van der Waals surface area (Å²) in [6.07, 6.45) is 11.1. The molecule has 1 fully saturated rings. The van der Waals surface area contributed by atoms with E-state index in [9.17, 15) is 0 Å². The minimum atomic E-state index is -0.567. The second-order valence-electron chi connectivity index (χ2n) is 18.4. The van der Waals surface area contributed by atoms with Gasteiger partial charge in [0, 0.05) is 61.3 Å². The summed E-state index contributed by atoms with van der Waals surface area (Å²) < 4.78 is 39.8. The third kappa shape index (κ3) is 8.56. The molecule has 3 heterocycles.